The molecule has 0 saturated carbocycles. The van der Waals surface area contributed by atoms with Crippen LogP contribution in [-0.4, -0.2) is 0 Å². The molecule has 1 rings (SSSR count). The number of benzene rings is 1. The number of rotatable bonds is 1. The Hall–Kier alpha value is -0.300. The molecule has 0 saturated heterocycles. The van der Waals surface area contributed by atoms with Gasteiger partial charge in [-0.2, -0.15) is 0 Å². The van der Waals surface area contributed by atoms with E-state index in [0.717, 1.165) is 0 Å². The van der Waals surface area contributed by atoms with Crippen LogP contribution in [0, 0.1) is 0 Å². The van der Waals surface area contributed by atoms with Gasteiger partial charge in [0.2, 0.25) is 0 Å². The van der Waals surface area contributed by atoms with Crippen molar-refractivity contribution in [1.82, 2.24) is 0 Å². The monoisotopic (exact) mass is 188 g/mol. The molecule has 0 heterocycles. The summed E-state index contributed by atoms with van der Waals surface area (Å²) in [6.45, 7) is 1.83. The van der Waals surface area contributed by atoms with Gasteiger partial charge in [-0.05, 0) is 24.1 Å². The van der Waals surface area contributed by atoms with Gasteiger partial charge in [0.1, 0.15) is 0 Å². The van der Waals surface area contributed by atoms with Crippen LogP contribution in [-0.2, 0) is 6.42 Å². The van der Waals surface area contributed by atoms with Gasteiger partial charge in [0.05, 0.1) is 5.48 Å². The van der Waals surface area contributed by atoms with E-state index in [2.05, 4.69) is 15.9 Å². The molecule has 0 N–H and O–H groups in total. The van der Waals surface area contributed by atoms with Crippen molar-refractivity contribution in [2.75, 3.05) is 0 Å². The van der Waals surface area contributed by atoms with E-state index >= 15 is 0 Å². The highest BCUT2D eigenvalue weighted by Gasteiger charge is 1.87. The predicted octanol–water partition coefficient (Wildman–Crippen LogP) is 3.01. The summed E-state index contributed by atoms with van der Waals surface area (Å²) in [4.78, 5) is 0. The summed E-state index contributed by atoms with van der Waals surface area (Å²) in [5.41, 5.74) is 0.521. The van der Waals surface area contributed by atoms with E-state index in [1.165, 1.54) is 0 Å². The van der Waals surface area contributed by atoms with Crippen molar-refractivity contribution < 1.29 is 5.48 Å². The summed E-state index contributed by atoms with van der Waals surface area (Å²) >= 11 is 3.08. The first-order chi connectivity index (χ1) is 6.00. The molecule has 0 aromatic heterocycles. The van der Waals surface area contributed by atoms with Crippen LogP contribution < -0.4 is 0 Å². The number of hydrogen-bond acceptors (Lipinski definition) is 0. The highest BCUT2D eigenvalue weighted by molar-refractivity contribution is 9.10. The lowest BCUT2D eigenvalue weighted by atomic mass is 10.2. The van der Waals surface area contributed by atoms with Crippen molar-refractivity contribution in [3.8, 4) is 0 Å². The molecular formula is C8H9Br. The van der Waals surface area contributed by atoms with Crippen LogP contribution in [0.25, 0.3) is 0 Å². The van der Waals surface area contributed by atoms with Crippen LogP contribution in [0.2, 0.25) is 0 Å². The Balaban J connectivity index is 3.56. The highest BCUT2D eigenvalue weighted by Crippen LogP contribution is 2.11. The predicted molar refractivity (Wildman–Crippen MR) is 43.5 cm³/mol. The first-order valence-corrected chi connectivity index (χ1v) is 3.54. The Morgan fingerprint density at radius 3 is 3.11 bits per heavy atom. The molecule has 0 aliphatic heterocycles. The second kappa shape index (κ2) is 3.02. The SMILES string of the molecule is [2H]c1c([2H])c(Br)c([2H])c(CC)c1[2H]. The molecular weight excluding hydrogens is 176 g/mol. The minimum atomic E-state index is -0.111. The summed E-state index contributed by atoms with van der Waals surface area (Å²) < 4.78 is 30.3. The van der Waals surface area contributed by atoms with Gasteiger partial charge in [0.25, 0.3) is 0 Å². The molecule has 0 aliphatic rings. The molecule has 0 aliphatic carbocycles. The molecule has 48 valence electrons. The van der Waals surface area contributed by atoms with Gasteiger partial charge in [-0.1, -0.05) is 34.9 Å². The molecule has 0 fully saturated rings. The maximum absolute atomic E-state index is 7.60. The Morgan fingerprint density at radius 2 is 2.44 bits per heavy atom. The molecule has 0 bridgehead atoms. The van der Waals surface area contributed by atoms with E-state index in [-0.39, 0.29) is 24.2 Å². The smallest absolute Gasteiger partial charge is 0.0613 e. The summed E-state index contributed by atoms with van der Waals surface area (Å²) in [5, 5.41) is 0. The Bertz CT molecular complexity index is 319. The van der Waals surface area contributed by atoms with E-state index in [1.54, 1.807) is 0 Å². The first-order valence-electron chi connectivity index (χ1n) is 4.75. The third-order valence-corrected chi connectivity index (χ3v) is 1.40. The summed E-state index contributed by atoms with van der Waals surface area (Å²) in [5.74, 6) is 0. The lowest BCUT2D eigenvalue weighted by Crippen LogP contribution is -1.76. The molecule has 9 heavy (non-hydrogen) atoms. The highest BCUT2D eigenvalue weighted by atomic mass is 79.9. The molecule has 0 unspecified atom stereocenters. The van der Waals surface area contributed by atoms with E-state index in [9.17, 15) is 0 Å². The lowest BCUT2D eigenvalue weighted by Gasteiger charge is -1.94. The van der Waals surface area contributed by atoms with E-state index < -0.39 is 0 Å². The van der Waals surface area contributed by atoms with Gasteiger partial charge in [0, 0.05) is 4.47 Å². The van der Waals surface area contributed by atoms with Crippen LogP contribution in [0.4, 0.5) is 0 Å². The van der Waals surface area contributed by atoms with Crippen molar-refractivity contribution in [3.05, 3.63) is 34.2 Å². The average molecular weight is 189 g/mol. The fraction of sp³-hybridized carbons (Fsp3) is 0.250. The Kier molecular flexibility index (Phi) is 1.07. The fourth-order valence-electron chi connectivity index (χ4n) is 0.533. The number of halogens is 1. The minimum absolute atomic E-state index is 0.000648. The third kappa shape index (κ3) is 1.83. The normalized spacial score (nSPS) is 15.8. The van der Waals surface area contributed by atoms with Crippen LogP contribution in [0.15, 0.2) is 28.6 Å². The molecule has 0 atom stereocenters. The second-order valence-electron chi connectivity index (χ2n) is 1.65. The van der Waals surface area contributed by atoms with Crippen molar-refractivity contribution in [2.24, 2.45) is 0 Å². The molecule has 0 spiro atoms. The zero-order valence-corrected chi connectivity index (χ0v) is 6.67. The van der Waals surface area contributed by atoms with Gasteiger partial charge in [-0.25, -0.2) is 0 Å². The third-order valence-electron chi connectivity index (χ3n) is 1.000. The van der Waals surface area contributed by atoms with Crippen molar-refractivity contribution >= 4 is 15.9 Å². The van der Waals surface area contributed by atoms with Crippen molar-refractivity contribution in [2.45, 2.75) is 13.3 Å². The Morgan fingerprint density at radius 1 is 1.67 bits per heavy atom. The zero-order chi connectivity index (χ0) is 10.2. The quantitative estimate of drug-likeness (QED) is 0.636. The molecule has 0 radical (unpaired) electrons. The molecule has 0 nitrogen and oxygen atoms in total. The summed E-state index contributed by atoms with van der Waals surface area (Å²) in [6.07, 6.45) is 0.544. The van der Waals surface area contributed by atoms with Crippen LogP contribution in [0.1, 0.15) is 18.0 Å². The average Bonchev–Trinajstić information content (AvgIpc) is 2.13. The molecule has 1 aromatic rings. The second-order valence-corrected chi connectivity index (χ2v) is 2.44. The topological polar surface area (TPSA) is 0 Å². The lowest BCUT2D eigenvalue weighted by molar-refractivity contribution is 1.14. The van der Waals surface area contributed by atoms with Crippen molar-refractivity contribution in [3.63, 3.8) is 0 Å². The maximum Gasteiger partial charge on any atom is 0.0638 e. The van der Waals surface area contributed by atoms with Crippen LogP contribution >= 0.6 is 15.9 Å². The van der Waals surface area contributed by atoms with Gasteiger partial charge in [-0.15, -0.1) is 0 Å². The van der Waals surface area contributed by atoms with Gasteiger partial charge in [-0.3, -0.25) is 0 Å². The van der Waals surface area contributed by atoms with E-state index in [1.807, 2.05) is 6.92 Å². The molecule has 0 amide bonds. The van der Waals surface area contributed by atoms with Crippen LogP contribution in [0.3, 0.4) is 0 Å². The van der Waals surface area contributed by atoms with Crippen molar-refractivity contribution in [1.29, 1.82) is 0 Å². The van der Waals surface area contributed by atoms with E-state index in [4.69, 9.17) is 5.48 Å². The standard InChI is InChI=1S/C8H9Br/c1-2-7-4-3-5-8(9)6-7/h3-6H,2H2,1H3/i3D,4D,5D,6D. The van der Waals surface area contributed by atoms with Gasteiger partial charge >= 0.3 is 0 Å². The zero-order valence-electron chi connectivity index (χ0n) is 9.09. The first kappa shape index (κ1) is 3.20. The fourth-order valence-corrected chi connectivity index (χ4v) is 0.872. The summed E-state index contributed by atoms with van der Waals surface area (Å²) in [7, 11) is 0. The van der Waals surface area contributed by atoms with E-state index in [0.29, 0.717) is 16.5 Å². The largest absolute Gasteiger partial charge is 0.0638 e. The maximum atomic E-state index is 7.60. The van der Waals surface area contributed by atoms with Gasteiger partial charge < -0.3 is 0 Å². The minimum Gasteiger partial charge on any atom is -0.0613 e. The Labute approximate surface area is 69.6 Å². The molecule has 1 heteroatoms. The summed E-state index contributed by atoms with van der Waals surface area (Å²) in [6, 6.07) is -0.0267. The molecule has 1 aromatic carbocycles. The number of hydrogen-bond donors (Lipinski definition) is 0. The van der Waals surface area contributed by atoms with Gasteiger partial charge in [0.15, 0.2) is 0 Å². The van der Waals surface area contributed by atoms with Crippen LogP contribution in [0.5, 0.6) is 0 Å².